The number of esters is 1. The zero-order chi connectivity index (χ0) is 25.7. The van der Waals surface area contributed by atoms with E-state index >= 15 is 0 Å². The van der Waals surface area contributed by atoms with E-state index in [0.29, 0.717) is 22.5 Å². The third kappa shape index (κ3) is 6.00. The number of carbonyl (C=O) groups excluding carboxylic acids is 2. The van der Waals surface area contributed by atoms with Crippen LogP contribution in [0.1, 0.15) is 20.7 Å². The lowest BCUT2D eigenvalue weighted by atomic mass is 9.98. The minimum atomic E-state index is -3.83. The lowest BCUT2D eigenvalue weighted by molar-refractivity contribution is -0.0964. The van der Waals surface area contributed by atoms with Crippen LogP contribution in [-0.2, 0) is 4.74 Å². The number of ether oxygens (including phenoxy) is 2. The van der Waals surface area contributed by atoms with Crippen LogP contribution in [0.5, 0.6) is 5.75 Å². The summed E-state index contributed by atoms with van der Waals surface area (Å²) in [4.78, 5) is 33.4. The highest BCUT2D eigenvalue weighted by molar-refractivity contribution is 6.20. The Morgan fingerprint density at radius 2 is 1.67 bits per heavy atom. The molecule has 0 saturated heterocycles. The maximum Gasteiger partial charge on any atom is 0.487 e. The standard InChI is InChI=1S/C26H18ClF2N3O4/c1-35-25(34)17-6-4-16(5-7-17)23-22(18-3-2-12-30-14-18)13-19(15-31-23)24(33)32-20-8-10-21(11-9-20)36-26(27,28)29/h2-15H,1H3,(H,32,33). The maximum atomic E-state index is 12.9. The molecule has 0 spiro atoms. The van der Waals surface area contributed by atoms with Gasteiger partial charge in [-0.1, -0.05) is 18.2 Å². The summed E-state index contributed by atoms with van der Waals surface area (Å²) < 4.78 is 34.6. The molecular formula is C26H18ClF2N3O4. The van der Waals surface area contributed by atoms with Crippen LogP contribution in [0.2, 0.25) is 0 Å². The number of benzene rings is 2. The van der Waals surface area contributed by atoms with E-state index in [1.54, 1.807) is 48.8 Å². The first kappa shape index (κ1) is 24.7. The lowest BCUT2D eigenvalue weighted by Crippen LogP contribution is -2.16. The number of methoxy groups -OCH3 is 1. The minimum absolute atomic E-state index is 0.156. The number of rotatable bonds is 7. The number of nitrogens with one attached hydrogen (secondary N) is 1. The molecule has 0 fully saturated rings. The van der Waals surface area contributed by atoms with Crippen molar-refractivity contribution in [3.05, 3.63) is 96.4 Å². The molecule has 36 heavy (non-hydrogen) atoms. The van der Waals surface area contributed by atoms with Gasteiger partial charge in [0.1, 0.15) is 5.75 Å². The molecule has 1 amide bonds. The fourth-order valence-corrected chi connectivity index (χ4v) is 3.48. The van der Waals surface area contributed by atoms with Crippen molar-refractivity contribution in [2.75, 3.05) is 12.4 Å². The zero-order valence-corrected chi connectivity index (χ0v) is 19.5. The molecule has 7 nitrogen and oxygen atoms in total. The van der Waals surface area contributed by atoms with Crippen LogP contribution in [0.4, 0.5) is 14.5 Å². The van der Waals surface area contributed by atoms with Gasteiger partial charge >= 0.3 is 11.5 Å². The van der Waals surface area contributed by atoms with E-state index < -0.39 is 17.4 Å². The largest absolute Gasteiger partial charge is 0.487 e. The minimum Gasteiger partial charge on any atom is -0.465 e. The number of halogens is 3. The summed E-state index contributed by atoms with van der Waals surface area (Å²) in [5, 5.41) is 2.69. The summed E-state index contributed by atoms with van der Waals surface area (Å²) in [7, 11) is 1.31. The molecular weight excluding hydrogens is 492 g/mol. The van der Waals surface area contributed by atoms with Crippen LogP contribution in [0.15, 0.2) is 85.3 Å². The third-order valence-corrected chi connectivity index (χ3v) is 5.12. The summed E-state index contributed by atoms with van der Waals surface area (Å²) in [5.74, 6) is -1.07. The first-order chi connectivity index (χ1) is 17.2. The molecule has 0 radical (unpaired) electrons. The maximum absolute atomic E-state index is 12.9. The van der Waals surface area contributed by atoms with E-state index in [0.717, 1.165) is 11.1 Å². The van der Waals surface area contributed by atoms with Crippen molar-refractivity contribution in [1.82, 2.24) is 9.97 Å². The van der Waals surface area contributed by atoms with Crippen molar-refractivity contribution in [2.24, 2.45) is 0 Å². The molecule has 2 aromatic carbocycles. The Balaban J connectivity index is 1.63. The molecule has 4 rings (SSSR count). The zero-order valence-electron chi connectivity index (χ0n) is 18.7. The Morgan fingerprint density at radius 1 is 0.944 bits per heavy atom. The number of alkyl halides is 3. The smallest absolute Gasteiger partial charge is 0.465 e. The van der Waals surface area contributed by atoms with Crippen molar-refractivity contribution in [1.29, 1.82) is 0 Å². The highest BCUT2D eigenvalue weighted by Crippen LogP contribution is 2.31. The van der Waals surface area contributed by atoms with Gasteiger partial charge in [0.25, 0.3) is 5.91 Å². The second-order valence-corrected chi connectivity index (χ2v) is 7.90. The summed E-state index contributed by atoms with van der Waals surface area (Å²) in [6.45, 7) is 0. The number of hydrogen-bond acceptors (Lipinski definition) is 6. The number of amides is 1. The number of anilines is 1. The molecule has 1 N–H and O–H groups in total. The normalized spacial score (nSPS) is 11.0. The number of pyridine rings is 2. The summed E-state index contributed by atoms with van der Waals surface area (Å²) in [6.07, 6.45) is 4.70. The number of nitrogens with zero attached hydrogens (tertiary/aromatic N) is 2. The molecule has 0 unspecified atom stereocenters. The van der Waals surface area contributed by atoms with Gasteiger partial charge in [-0.3, -0.25) is 14.8 Å². The van der Waals surface area contributed by atoms with Gasteiger partial charge in [-0.05, 0) is 48.5 Å². The van der Waals surface area contributed by atoms with Crippen molar-refractivity contribution in [2.45, 2.75) is 5.57 Å². The second kappa shape index (κ2) is 10.5. The summed E-state index contributed by atoms with van der Waals surface area (Å²) in [6, 6.07) is 17.3. The molecule has 0 atom stereocenters. The Kier molecular flexibility index (Phi) is 7.21. The van der Waals surface area contributed by atoms with E-state index in [1.165, 1.54) is 37.6 Å². The predicted octanol–water partition coefficient (Wildman–Crippen LogP) is 6.02. The molecule has 2 heterocycles. The van der Waals surface area contributed by atoms with Crippen LogP contribution in [0.25, 0.3) is 22.4 Å². The van der Waals surface area contributed by atoms with Gasteiger partial charge in [0.05, 0.1) is 23.9 Å². The van der Waals surface area contributed by atoms with E-state index in [4.69, 9.17) is 16.3 Å². The Bertz CT molecular complexity index is 1380. The SMILES string of the molecule is COC(=O)c1ccc(-c2ncc(C(=O)Nc3ccc(OC(F)(F)Cl)cc3)cc2-c2cccnc2)cc1. The van der Waals surface area contributed by atoms with Gasteiger partial charge in [-0.2, -0.15) is 0 Å². The van der Waals surface area contributed by atoms with Gasteiger partial charge in [0.15, 0.2) is 0 Å². The van der Waals surface area contributed by atoms with Crippen LogP contribution >= 0.6 is 11.6 Å². The quantitative estimate of drug-likeness (QED) is 0.242. The first-order valence-corrected chi connectivity index (χ1v) is 10.9. The predicted molar refractivity (Wildman–Crippen MR) is 130 cm³/mol. The van der Waals surface area contributed by atoms with Gasteiger partial charge in [-0.15, -0.1) is 8.78 Å². The first-order valence-electron chi connectivity index (χ1n) is 10.5. The molecule has 182 valence electrons. The monoisotopic (exact) mass is 509 g/mol. The Morgan fingerprint density at radius 3 is 2.28 bits per heavy atom. The Hall–Kier alpha value is -4.37. The van der Waals surface area contributed by atoms with E-state index in [2.05, 4.69) is 20.0 Å². The molecule has 0 saturated carbocycles. The van der Waals surface area contributed by atoms with Crippen LogP contribution < -0.4 is 10.1 Å². The Labute approximate surface area is 209 Å². The van der Waals surface area contributed by atoms with E-state index in [1.807, 2.05) is 6.07 Å². The van der Waals surface area contributed by atoms with Crippen LogP contribution in [0, 0.1) is 0 Å². The van der Waals surface area contributed by atoms with Gasteiger partial charge < -0.3 is 14.8 Å². The van der Waals surface area contributed by atoms with Crippen molar-refractivity contribution >= 4 is 29.2 Å². The van der Waals surface area contributed by atoms with E-state index in [9.17, 15) is 18.4 Å². The second-order valence-electron chi connectivity index (χ2n) is 7.46. The van der Waals surface area contributed by atoms with Gasteiger partial charge in [0, 0.05) is 52.6 Å². The van der Waals surface area contributed by atoms with Gasteiger partial charge in [0.2, 0.25) is 0 Å². The van der Waals surface area contributed by atoms with Crippen LogP contribution in [-0.4, -0.2) is 34.5 Å². The topological polar surface area (TPSA) is 90.4 Å². The number of hydrogen-bond donors (Lipinski definition) is 1. The fraction of sp³-hybridized carbons (Fsp3) is 0.0769. The number of carbonyl (C=O) groups is 2. The average Bonchev–Trinajstić information content (AvgIpc) is 2.89. The fourth-order valence-electron chi connectivity index (χ4n) is 3.39. The van der Waals surface area contributed by atoms with Crippen molar-refractivity contribution in [3.8, 4) is 28.1 Å². The molecule has 0 aliphatic rings. The summed E-state index contributed by atoms with van der Waals surface area (Å²) in [5.41, 5.74) is -0.136. The van der Waals surface area contributed by atoms with Crippen LogP contribution in [0.3, 0.4) is 0 Å². The van der Waals surface area contributed by atoms with E-state index in [-0.39, 0.29) is 11.3 Å². The van der Waals surface area contributed by atoms with Crippen molar-refractivity contribution < 1.29 is 27.8 Å². The average molecular weight is 510 g/mol. The highest BCUT2D eigenvalue weighted by atomic mass is 35.5. The lowest BCUT2D eigenvalue weighted by Gasteiger charge is -2.13. The molecule has 0 aliphatic carbocycles. The molecule has 10 heteroatoms. The molecule has 4 aromatic rings. The molecule has 2 aromatic heterocycles. The summed E-state index contributed by atoms with van der Waals surface area (Å²) >= 11 is 4.77. The molecule has 0 bridgehead atoms. The third-order valence-electron chi connectivity index (χ3n) is 5.05. The highest BCUT2D eigenvalue weighted by Gasteiger charge is 2.27. The molecule has 0 aliphatic heterocycles. The van der Waals surface area contributed by atoms with Gasteiger partial charge in [-0.25, -0.2) is 4.79 Å². The number of aromatic nitrogens is 2. The van der Waals surface area contributed by atoms with Crippen molar-refractivity contribution in [3.63, 3.8) is 0 Å².